The van der Waals surface area contributed by atoms with Crippen molar-refractivity contribution in [3.05, 3.63) is 104 Å². The quantitative estimate of drug-likeness (QED) is 0.0418. The molecule has 66 heavy (non-hydrogen) atoms. The Bertz CT molecular complexity index is 2500. The average molecular weight is 907 g/mol. The molecule has 0 spiro atoms. The summed E-state index contributed by atoms with van der Waals surface area (Å²) in [5.74, 6) is -0.983. The molecule has 348 valence electrons. The number of hydrogen-bond acceptors (Lipinski definition) is 9. The second-order valence-electron chi connectivity index (χ2n) is 19.3. The van der Waals surface area contributed by atoms with Crippen LogP contribution in [-0.4, -0.2) is 71.6 Å². The predicted octanol–water partition coefficient (Wildman–Crippen LogP) is 9.01. The molecule has 5 atom stereocenters. The van der Waals surface area contributed by atoms with Gasteiger partial charge in [-0.05, 0) is 105 Å². The van der Waals surface area contributed by atoms with E-state index in [1.54, 1.807) is 12.2 Å². The summed E-state index contributed by atoms with van der Waals surface area (Å²) in [6.45, 7) is 23.5. The van der Waals surface area contributed by atoms with Crippen molar-refractivity contribution in [1.82, 2.24) is 4.98 Å². The smallest absolute Gasteiger partial charge is 0.877 e. The minimum Gasteiger partial charge on any atom is -0.877 e. The Morgan fingerprint density at radius 3 is 2.26 bits per heavy atom. The zero-order valence-electron chi connectivity index (χ0n) is 41.3. The van der Waals surface area contributed by atoms with Gasteiger partial charge < -0.3 is 19.6 Å². The van der Waals surface area contributed by atoms with Crippen LogP contribution in [0.25, 0.3) is 11.6 Å². The summed E-state index contributed by atoms with van der Waals surface area (Å²) in [5.41, 5.74) is 9.02. The van der Waals surface area contributed by atoms with E-state index < -0.39 is 17.7 Å². The third-order valence-electron chi connectivity index (χ3n) is 14.1. The van der Waals surface area contributed by atoms with Crippen molar-refractivity contribution < 1.29 is 29.0 Å². The Hall–Kier alpha value is -4.61. The van der Waals surface area contributed by atoms with Crippen LogP contribution in [0.2, 0.25) is 0 Å². The number of aliphatic imine (C=N–C) groups is 3. The second kappa shape index (κ2) is 23.4. The molecule has 5 aliphatic rings. The van der Waals surface area contributed by atoms with Crippen molar-refractivity contribution in [1.29, 1.82) is 0 Å². The summed E-state index contributed by atoms with van der Waals surface area (Å²) in [6.07, 6.45) is 22.3. The molecule has 1 aliphatic carbocycles. The number of hydrogen-bond donors (Lipinski definition) is 0. The normalized spacial score (nSPS) is 21.6. The monoisotopic (exact) mass is 907 g/mol. The molecule has 8 bridgehead atoms. The van der Waals surface area contributed by atoms with Gasteiger partial charge >= 0.3 is 35.0 Å². The van der Waals surface area contributed by atoms with Crippen LogP contribution in [0.3, 0.4) is 0 Å². The summed E-state index contributed by atoms with van der Waals surface area (Å²) in [6, 6.07) is 0. The fraction of sp³-hybridized carbons (Fsp3) is 0.527. The summed E-state index contributed by atoms with van der Waals surface area (Å²) in [5, 5.41) is 13.5. The molecule has 6 rings (SSSR count). The van der Waals surface area contributed by atoms with Gasteiger partial charge in [0.25, 0.3) is 0 Å². The van der Waals surface area contributed by atoms with Crippen LogP contribution in [0.15, 0.2) is 97.1 Å². The number of nitrogens with zero attached hydrogens (tertiary/aromatic N) is 4. The summed E-state index contributed by atoms with van der Waals surface area (Å²) in [7, 11) is 1.27. The molecule has 2 unspecified atom stereocenters. The van der Waals surface area contributed by atoms with E-state index >= 15 is 0 Å². The number of ketones is 1. The first kappa shape index (κ1) is 52.4. The Kier molecular flexibility index (Phi) is 18.6. The van der Waals surface area contributed by atoms with E-state index in [2.05, 4.69) is 41.2 Å². The van der Waals surface area contributed by atoms with E-state index in [9.17, 15) is 19.5 Å². The molecule has 0 fully saturated rings. The molecule has 0 saturated carbocycles. The number of aromatic nitrogens is 1. The van der Waals surface area contributed by atoms with Crippen molar-refractivity contribution in [3.8, 4) is 0 Å². The standard InChI is InChI=1S/C55H72N4O6.Mg/c1-12-38-35(8)42-27-43-36(9)40(23-24-48(61)65-26-25-34(7)22-16-21-33(6)20-15-19-32(5)18-14-17-31(3)4)52(58-43)50-51(55(63)64-11)54(62)49-37(10)44(59-53(49)50)28-46-39(13-2)41(30-60)47(57-46)29-45(38)56-42;/h12,25,27-33,36,40,51H,1,13-24,26H2,2-11H3,(H2,56,57,58,59,60,62);/q;+2/p-2/b34-25+;/t32?,33?,36-,40-,51+;/m0./s1. The fourth-order valence-corrected chi connectivity index (χ4v) is 10.0. The van der Waals surface area contributed by atoms with Crippen LogP contribution in [0.1, 0.15) is 148 Å². The van der Waals surface area contributed by atoms with Gasteiger partial charge in [0.15, 0.2) is 5.78 Å². The van der Waals surface area contributed by atoms with Crippen molar-refractivity contribution in [2.45, 2.75) is 139 Å². The molecular formula is C55H70MgN4O6. The minimum atomic E-state index is -1.27. The van der Waals surface area contributed by atoms with E-state index in [0.717, 1.165) is 47.7 Å². The molecule has 0 radical (unpaired) electrons. The first-order valence-corrected chi connectivity index (χ1v) is 24.0. The maximum atomic E-state index is 14.4. The Morgan fingerprint density at radius 2 is 1.62 bits per heavy atom. The largest absolute Gasteiger partial charge is 2.00 e. The van der Waals surface area contributed by atoms with Gasteiger partial charge in [0.05, 0.1) is 29.9 Å². The van der Waals surface area contributed by atoms with Crippen LogP contribution in [0.4, 0.5) is 0 Å². The van der Waals surface area contributed by atoms with E-state index in [-0.39, 0.29) is 53.9 Å². The molecule has 5 heterocycles. The third-order valence-corrected chi connectivity index (χ3v) is 14.1. The molecule has 0 aromatic carbocycles. The van der Waals surface area contributed by atoms with Crippen LogP contribution in [0, 0.1) is 42.4 Å². The molecule has 11 heteroatoms. The van der Waals surface area contributed by atoms with Gasteiger partial charge in [-0.25, -0.2) is 9.98 Å². The Balaban J connectivity index is 0.00000817. The number of Topliss-reactive ketones (excluding diaryl/α,β-unsaturated/α-hetero) is 1. The Morgan fingerprint density at radius 1 is 0.939 bits per heavy atom. The molecule has 4 aliphatic heterocycles. The van der Waals surface area contributed by atoms with Gasteiger partial charge in [-0.3, -0.25) is 19.4 Å². The number of carbonyl (C=O) groups excluding carboxylic acids is 3. The summed E-state index contributed by atoms with van der Waals surface area (Å²) in [4.78, 5) is 61.5. The van der Waals surface area contributed by atoms with E-state index in [0.29, 0.717) is 86.0 Å². The SMILES string of the molecule is C=CC1=C(C)C2=NC1=CC1=NC(=C(CC)/C1=C\[O-])C=c1[n-]c3c(c1C)C(=O)[C@H](C(=O)OC)C=3C1=NC(=C2)[C@@H](C)[C@@H]1CCC(=O)OC/C=C(\C)CCCC(C)CCCC(C)CCCC(C)C.[Mg+2]. The molecule has 1 aromatic heterocycles. The molecule has 0 N–H and O–H groups in total. The summed E-state index contributed by atoms with van der Waals surface area (Å²) >= 11 is 0. The third kappa shape index (κ3) is 11.6. The molecule has 10 nitrogen and oxygen atoms in total. The summed E-state index contributed by atoms with van der Waals surface area (Å²) < 4.78 is 11.0. The second-order valence-corrected chi connectivity index (χ2v) is 19.3. The van der Waals surface area contributed by atoms with Gasteiger partial charge in [-0.2, -0.15) is 0 Å². The van der Waals surface area contributed by atoms with Gasteiger partial charge in [0.1, 0.15) is 12.5 Å². The van der Waals surface area contributed by atoms with Gasteiger partial charge in [0.2, 0.25) is 0 Å². The zero-order chi connectivity index (χ0) is 47.1. The zero-order valence-corrected chi connectivity index (χ0v) is 42.7. The van der Waals surface area contributed by atoms with Gasteiger partial charge in [-0.15, -0.1) is 17.0 Å². The van der Waals surface area contributed by atoms with Gasteiger partial charge in [-0.1, -0.05) is 116 Å². The number of rotatable bonds is 20. The molecular weight excluding hydrogens is 837 g/mol. The average Bonchev–Trinajstić information content (AvgIpc) is 4.02. The maximum Gasteiger partial charge on any atom is 2.00 e. The van der Waals surface area contributed by atoms with Crippen LogP contribution in [-0.2, 0) is 19.1 Å². The topological polar surface area (TPSA) is 144 Å². The number of carbonyl (C=O) groups is 3. The van der Waals surface area contributed by atoms with E-state index in [1.165, 1.54) is 57.6 Å². The number of esters is 2. The van der Waals surface area contributed by atoms with Crippen LogP contribution in [0.5, 0.6) is 0 Å². The fourth-order valence-electron chi connectivity index (χ4n) is 10.0. The molecule has 0 amide bonds. The van der Waals surface area contributed by atoms with Crippen molar-refractivity contribution >= 4 is 69.6 Å². The van der Waals surface area contributed by atoms with Crippen molar-refractivity contribution in [2.24, 2.45) is 50.5 Å². The first-order chi connectivity index (χ1) is 31.1. The number of methoxy groups -OCH3 is 1. The first-order valence-electron chi connectivity index (χ1n) is 24.0. The minimum absolute atomic E-state index is 0. The van der Waals surface area contributed by atoms with E-state index in [4.69, 9.17) is 29.4 Å². The Labute approximate surface area is 408 Å². The van der Waals surface area contributed by atoms with Crippen LogP contribution < -0.4 is 20.8 Å². The van der Waals surface area contributed by atoms with Crippen LogP contribution >= 0.6 is 0 Å². The number of allylic oxidation sites excluding steroid dienone is 9. The number of fused-ring (bicyclic) bond motifs is 5. The van der Waals surface area contributed by atoms with Crippen molar-refractivity contribution in [2.75, 3.05) is 13.7 Å². The van der Waals surface area contributed by atoms with E-state index in [1.807, 2.05) is 45.9 Å². The van der Waals surface area contributed by atoms with Crippen molar-refractivity contribution in [3.63, 3.8) is 0 Å². The molecule has 1 aromatic rings. The number of ether oxygens (including phenoxy) is 2. The maximum absolute atomic E-state index is 14.4. The molecule has 0 saturated heterocycles. The predicted molar refractivity (Wildman–Crippen MR) is 265 cm³/mol. The van der Waals surface area contributed by atoms with Gasteiger partial charge in [0, 0.05) is 40.8 Å².